The number of nitrogens with one attached hydrogen (secondary N) is 1. The van der Waals surface area contributed by atoms with Gasteiger partial charge in [-0.1, -0.05) is 0 Å². The van der Waals surface area contributed by atoms with E-state index in [-0.39, 0.29) is 5.25 Å². The van der Waals surface area contributed by atoms with Crippen LogP contribution in [0.1, 0.15) is 12.8 Å². The van der Waals surface area contributed by atoms with E-state index >= 15 is 0 Å². The second-order valence-corrected chi connectivity index (χ2v) is 8.62. The molecular formula is C19H19N3O4S. The number of hydrogen-bond acceptors (Lipinski definition) is 7. The van der Waals surface area contributed by atoms with E-state index in [0.717, 1.165) is 12.8 Å². The number of nitrogens with zero attached hydrogens (tertiary/aromatic N) is 2. The molecule has 0 aliphatic heterocycles. The van der Waals surface area contributed by atoms with Crippen LogP contribution in [0.3, 0.4) is 0 Å². The topological polar surface area (TPSA) is 94.4 Å². The number of aromatic nitrogens is 2. The Kier molecular flexibility index (Phi) is 4.35. The molecule has 8 heteroatoms. The third-order valence-electron chi connectivity index (χ3n) is 4.49. The van der Waals surface area contributed by atoms with Gasteiger partial charge in [0, 0.05) is 16.2 Å². The fourth-order valence-corrected chi connectivity index (χ4v) is 4.58. The smallest absolute Gasteiger partial charge is 0.230 e. The summed E-state index contributed by atoms with van der Waals surface area (Å²) in [6, 6.07) is 10.3. The van der Waals surface area contributed by atoms with E-state index in [4.69, 9.17) is 19.0 Å². The molecule has 0 bridgehead atoms. The van der Waals surface area contributed by atoms with Gasteiger partial charge in [0.1, 0.15) is 12.1 Å². The Labute approximate surface area is 157 Å². The quantitative estimate of drug-likeness (QED) is 0.689. The molecule has 1 aliphatic carbocycles. The minimum Gasteiger partial charge on any atom is -0.493 e. The summed E-state index contributed by atoms with van der Waals surface area (Å²) in [7, 11) is 0.407. The van der Waals surface area contributed by atoms with Gasteiger partial charge < -0.3 is 14.2 Å². The molecule has 1 aliphatic rings. The summed E-state index contributed by atoms with van der Waals surface area (Å²) in [6.07, 6.45) is 3.14. The van der Waals surface area contributed by atoms with Crippen LogP contribution >= 0.6 is 0 Å². The third kappa shape index (κ3) is 3.28. The van der Waals surface area contributed by atoms with E-state index in [9.17, 15) is 4.21 Å². The van der Waals surface area contributed by atoms with E-state index in [1.807, 2.05) is 0 Å². The van der Waals surface area contributed by atoms with Crippen LogP contribution < -0.4 is 14.2 Å². The molecule has 2 aromatic carbocycles. The number of fused-ring (bicyclic) bond motifs is 1. The number of methoxy groups -OCH3 is 2. The number of rotatable bonds is 6. The molecule has 1 aromatic heterocycles. The summed E-state index contributed by atoms with van der Waals surface area (Å²) >= 11 is 0. The molecule has 3 aromatic rings. The van der Waals surface area contributed by atoms with Crippen molar-refractivity contribution in [2.24, 2.45) is 0 Å². The first-order chi connectivity index (χ1) is 13.0. The van der Waals surface area contributed by atoms with Gasteiger partial charge in [0.25, 0.3) is 0 Å². The largest absolute Gasteiger partial charge is 0.493 e. The molecule has 1 unspecified atom stereocenters. The Morgan fingerprint density at radius 2 is 1.70 bits per heavy atom. The van der Waals surface area contributed by atoms with Gasteiger partial charge >= 0.3 is 0 Å². The zero-order valence-corrected chi connectivity index (χ0v) is 15.8. The molecule has 0 spiro atoms. The fraction of sp³-hybridized carbons (Fsp3) is 0.263. The van der Waals surface area contributed by atoms with E-state index in [2.05, 4.69) is 9.97 Å². The lowest BCUT2D eigenvalue weighted by atomic mass is 10.2. The van der Waals surface area contributed by atoms with E-state index in [0.29, 0.717) is 38.9 Å². The van der Waals surface area contributed by atoms with Gasteiger partial charge in [0.05, 0.1) is 34.9 Å². The first kappa shape index (κ1) is 17.5. The summed E-state index contributed by atoms with van der Waals surface area (Å²) in [5.41, 5.74) is 0.664. The van der Waals surface area contributed by atoms with Crippen molar-refractivity contribution in [3.05, 3.63) is 42.7 Å². The zero-order chi connectivity index (χ0) is 19.0. The maximum absolute atomic E-state index is 12.5. The second kappa shape index (κ2) is 6.70. The summed E-state index contributed by atoms with van der Waals surface area (Å²) < 4.78 is 37.2. The van der Waals surface area contributed by atoms with Crippen LogP contribution in [0.4, 0.5) is 0 Å². The van der Waals surface area contributed by atoms with Crippen LogP contribution in [0.5, 0.6) is 23.1 Å². The van der Waals surface area contributed by atoms with Gasteiger partial charge in [0.2, 0.25) is 5.88 Å². The summed E-state index contributed by atoms with van der Waals surface area (Å²) in [5, 5.41) is 0.666. The summed E-state index contributed by atoms with van der Waals surface area (Å²) in [4.78, 5) is 9.01. The Balaban J connectivity index is 1.67. The highest BCUT2D eigenvalue weighted by atomic mass is 32.2. The third-order valence-corrected chi connectivity index (χ3v) is 6.87. The fourth-order valence-electron chi connectivity index (χ4n) is 2.85. The van der Waals surface area contributed by atoms with Crippen molar-refractivity contribution in [2.45, 2.75) is 23.0 Å². The maximum Gasteiger partial charge on any atom is 0.230 e. The van der Waals surface area contributed by atoms with E-state index < -0.39 is 9.73 Å². The number of ether oxygens (including phenoxy) is 3. The highest BCUT2D eigenvalue weighted by molar-refractivity contribution is 7.93. The molecule has 1 fully saturated rings. The van der Waals surface area contributed by atoms with Crippen molar-refractivity contribution >= 4 is 20.6 Å². The molecule has 27 heavy (non-hydrogen) atoms. The molecule has 0 radical (unpaired) electrons. The highest BCUT2D eigenvalue weighted by Crippen LogP contribution is 2.37. The van der Waals surface area contributed by atoms with Crippen LogP contribution in [0.25, 0.3) is 10.9 Å². The molecule has 1 N–H and O–H groups in total. The van der Waals surface area contributed by atoms with Crippen molar-refractivity contribution in [1.82, 2.24) is 9.97 Å². The average Bonchev–Trinajstić information content (AvgIpc) is 3.53. The summed E-state index contributed by atoms with van der Waals surface area (Å²) in [5.74, 6) is 2.05. The first-order valence-electron chi connectivity index (χ1n) is 8.45. The Morgan fingerprint density at radius 3 is 2.33 bits per heavy atom. The minimum atomic E-state index is -2.72. The van der Waals surface area contributed by atoms with Crippen LogP contribution in [0.15, 0.2) is 47.6 Å². The SMILES string of the molecule is COc1cc2ncnc(Oc3ccc(S(=N)(=O)C4CC4)cc3)c2cc1OC. The monoisotopic (exact) mass is 385 g/mol. The van der Waals surface area contributed by atoms with Crippen molar-refractivity contribution < 1.29 is 18.4 Å². The first-order valence-corrected chi connectivity index (χ1v) is 10.1. The van der Waals surface area contributed by atoms with Gasteiger partial charge in [-0.3, -0.25) is 0 Å². The normalized spacial score (nSPS) is 15.9. The average molecular weight is 385 g/mol. The molecule has 0 amide bonds. The van der Waals surface area contributed by atoms with Gasteiger partial charge in [-0.2, -0.15) is 0 Å². The van der Waals surface area contributed by atoms with Gasteiger partial charge in [-0.05, 0) is 43.2 Å². The van der Waals surface area contributed by atoms with Gasteiger partial charge in [-0.25, -0.2) is 19.0 Å². The standard InChI is InChI=1S/C19H19N3O4S/c1-24-17-9-15-16(10-18(17)25-2)21-11-22-19(15)26-12-3-5-13(6-4-12)27(20,23)14-7-8-14/h3-6,9-11,14,20H,7-8H2,1-2H3. The molecule has 7 nitrogen and oxygen atoms in total. The Bertz CT molecular complexity index is 1090. The highest BCUT2D eigenvalue weighted by Gasteiger charge is 2.33. The zero-order valence-electron chi connectivity index (χ0n) is 15.0. The number of hydrogen-bond donors (Lipinski definition) is 1. The Hall–Kier alpha value is -2.87. The molecule has 140 valence electrons. The van der Waals surface area contributed by atoms with Crippen molar-refractivity contribution in [3.8, 4) is 23.1 Å². The summed E-state index contributed by atoms with van der Waals surface area (Å²) in [6.45, 7) is 0. The van der Waals surface area contributed by atoms with Crippen LogP contribution in [0.2, 0.25) is 0 Å². The van der Waals surface area contributed by atoms with E-state index in [1.54, 1.807) is 50.6 Å². The van der Waals surface area contributed by atoms with Crippen LogP contribution in [-0.2, 0) is 9.73 Å². The van der Waals surface area contributed by atoms with Crippen molar-refractivity contribution in [2.75, 3.05) is 14.2 Å². The lowest BCUT2D eigenvalue weighted by Gasteiger charge is -2.12. The molecular weight excluding hydrogens is 366 g/mol. The lowest BCUT2D eigenvalue weighted by Crippen LogP contribution is -2.04. The second-order valence-electron chi connectivity index (χ2n) is 6.28. The Morgan fingerprint density at radius 1 is 1.04 bits per heavy atom. The maximum atomic E-state index is 12.5. The van der Waals surface area contributed by atoms with Crippen LogP contribution in [0, 0.1) is 4.78 Å². The molecule has 0 saturated heterocycles. The van der Waals surface area contributed by atoms with E-state index in [1.165, 1.54) is 6.33 Å². The molecule has 1 atom stereocenters. The van der Waals surface area contributed by atoms with Crippen molar-refractivity contribution in [3.63, 3.8) is 0 Å². The van der Waals surface area contributed by atoms with Gasteiger partial charge in [0.15, 0.2) is 11.5 Å². The van der Waals surface area contributed by atoms with Crippen LogP contribution in [-0.4, -0.2) is 33.6 Å². The predicted octanol–water partition coefficient (Wildman–Crippen LogP) is 4.01. The molecule has 1 heterocycles. The molecule has 4 rings (SSSR count). The minimum absolute atomic E-state index is 0.0162. The molecule has 1 saturated carbocycles. The number of benzene rings is 2. The van der Waals surface area contributed by atoms with Crippen molar-refractivity contribution in [1.29, 1.82) is 4.78 Å². The van der Waals surface area contributed by atoms with Gasteiger partial charge in [-0.15, -0.1) is 0 Å². The predicted molar refractivity (Wildman–Crippen MR) is 101 cm³/mol. The lowest BCUT2D eigenvalue weighted by molar-refractivity contribution is 0.355.